The molecule has 0 atom stereocenters. The maximum absolute atomic E-state index is 12.2. The maximum Gasteiger partial charge on any atom is 0.327 e. The molecule has 1 saturated carbocycles. The van der Waals surface area contributed by atoms with E-state index in [2.05, 4.69) is 15.9 Å². The highest BCUT2D eigenvalue weighted by Gasteiger charge is 2.38. The van der Waals surface area contributed by atoms with Crippen molar-refractivity contribution in [1.29, 1.82) is 0 Å². The van der Waals surface area contributed by atoms with Crippen LogP contribution >= 0.6 is 15.9 Å². The van der Waals surface area contributed by atoms with E-state index in [9.17, 15) is 9.59 Å². The van der Waals surface area contributed by atoms with Crippen LogP contribution in [0.2, 0.25) is 0 Å². The molecule has 0 N–H and O–H groups in total. The zero-order valence-electron chi connectivity index (χ0n) is 10.5. The molecule has 19 heavy (non-hydrogen) atoms. The fourth-order valence-corrected chi connectivity index (χ4v) is 2.53. The van der Waals surface area contributed by atoms with Gasteiger partial charge < -0.3 is 4.90 Å². The lowest BCUT2D eigenvalue weighted by molar-refractivity contribution is -0.125. The van der Waals surface area contributed by atoms with Crippen LogP contribution in [0.25, 0.3) is 0 Å². The molecule has 4 nitrogen and oxygen atoms in total. The second-order valence-electron chi connectivity index (χ2n) is 5.21. The van der Waals surface area contributed by atoms with Gasteiger partial charge in [-0.3, -0.25) is 9.69 Å². The molecule has 0 bridgehead atoms. The first-order valence-corrected chi connectivity index (χ1v) is 7.26. The summed E-state index contributed by atoms with van der Waals surface area (Å²) in [5.74, 6) is 0.481. The van der Waals surface area contributed by atoms with Crippen LogP contribution in [0.15, 0.2) is 28.7 Å². The van der Waals surface area contributed by atoms with Gasteiger partial charge in [0.15, 0.2) is 0 Å². The second kappa shape index (κ2) is 4.96. The monoisotopic (exact) mass is 322 g/mol. The van der Waals surface area contributed by atoms with Gasteiger partial charge >= 0.3 is 6.03 Å². The lowest BCUT2D eigenvalue weighted by Gasteiger charge is -2.17. The Morgan fingerprint density at radius 2 is 1.84 bits per heavy atom. The van der Waals surface area contributed by atoms with E-state index in [1.54, 1.807) is 4.90 Å². The smallest absolute Gasteiger partial charge is 0.311 e. The molecular formula is C14H15BrN2O2. The van der Waals surface area contributed by atoms with Crippen molar-refractivity contribution in [3.05, 3.63) is 34.3 Å². The summed E-state index contributed by atoms with van der Waals surface area (Å²) < 4.78 is 1.01. The van der Waals surface area contributed by atoms with Crippen LogP contribution in [0.5, 0.6) is 0 Å². The van der Waals surface area contributed by atoms with E-state index in [0.29, 0.717) is 19.0 Å². The summed E-state index contributed by atoms with van der Waals surface area (Å²) in [6.45, 7) is 1.31. The predicted octanol–water partition coefficient (Wildman–Crippen LogP) is 2.62. The number of benzene rings is 1. The molecule has 3 amide bonds. The van der Waals surface area contributed by atoms with Gasteiger partial charge in [0.2, 0.25) is 5.91 Å². The number of halogens is 1. The number of amides is 3. The van der Waals surface area contributed by atoms with Gasteiger partial charge in [0, 0.05) is 17.6 Å². The summed E-state index contributed by atoms with van der Waals surface area (Å²) in [6, 6.07) is 7.68. The maximum atomic E-state index is 12.2. The van der Waals surface area contributed by atoms with Crippen molar-refractivity contribution < 1.29 is 9.59 Å². The number of imide groups is 1. The van der Waals surface area contributed by atoms with Crippen LogP contribution in [0.4, 0.5) is 4.79 Å². The highest BCUT2D eigenvalue weighted by atomic mass is 79.9. The Labute approximate surface area is 120 Å². The molecule has 1 aliphatic heterocycles. The van der Waals surface area contributed by atoms with Crippen molar-refractivity contribution in [2.45, 2.75) is 19.4 Å². The van der Waals surface area contributed by atoms with Gasteiger partial charge in [0.05, 0.1) is 0 Å². The van der Waals surface area contributed by atoms with Crippen LogP contribution in [0, 0.1) is 5.92 Å². The minimum absolute atomic E-state index is 0.0611. The Kier molecular flexibility index (Phi) is 3.31. The molecule has 1 aromatic carbocycles. The molecule has 2 aliphatic rings. The van der Waals surface area contributed by atoms with Crippen molar-refractivity contribution >= 4 is 27.9 Å². The van der Waals surface area contributed by atoms with Gasteiger partial charge in [-0.25, -0.2) is 4.79 Å². The Bertz CT molecular complexity index is 511. The van der Waals surface area contributed by atoms with Crippen molar-refractivity contribution in [2.24, 2.45) is 5.92 Å². The molecule has 0 radical (unpaired) electrons. The third-order valence-corrected chi connectivity index (χ3v) is 4.08. The Morgan fingerprint density at radius 1 is 1.16 bits per heavy atom. The number of rotatable bonds is 4. The van der Waals surface area contributed by atoms with E-state index in [1.807, 2.05) is 24.3 Å². The highest BCUT2D eigenvalue weighted by molar-refractivity contribution is 9.10. The first-order chi connectivity index (χ1) is 9.13. The minimum Gasteiger partial charge on any atom is -0.311 e. The van der Waals surface area contributed by atoms with Gasteiger partial charge in [0.25, 0.3) is 0 Å². The number of urea groups is 1. The highest BCUT2D eigenvalue weighted by Crippen LogP contribution is 2.31. The number of nitrogens with zero attached hydrogens (tertiary/aromatic N) is 2. The second-order valence-corrected chi connectivity index (χ2v) is 6.13. The third-order valence-electron chi connectivity index (χ3n) is 3.55. The molecule has 1 aliphatic carbocycles. The molecule has 5 heteroatoms. The summed E-state index contributed by atoms with van der Waals surface area (Å²) in [4.78, 5) is 27.1. The number of carbonyl (C=O) groups excluding carboxylic acids is 2. The zero-order valence-corrected chi connectivity index (χ0v) is 12.1. The molecule has 2 fully saturated rings. The SMILES string of the molecule is O=C1CN(Cc2ccc(Br)cc2)C(=O)N1CC1CC1. The van der Waals surface area contributed by atoms with Crippen LogP contribution in [-0.2, 0) is 11.3 Å². The molecule has 1 saturated heterocycles. The normalized spacial score (nSPS) is 19.4. The molecule has 0 unspecified atom stereocenters. The molecular weight excluding hydrogens is 308 g/mol. The number of carbonyl (C=O) groups is 2. The predicted molar refractivity (Wildman–Crippen MR) is 74.4 cm³/mol. The van der Waals surface area contributed by atoms with E-state index >= 15 is 0 Å². The molecule has 100 valence electrons. The van der Waals surface area contributed by atoms with E-state index in [0.717, 1.165) is 22.9 Å². The quantitative estimate of drug-likeness (QED) is 0.799. The average molecular weight is 323 g/mol. The first kappa shape index (κ1) is 12.7. The van der Waals surface area contributed by atoms with Gasteiger partial charge in [-0.1, -0.05) is 28.1 Å². The van der Waals surface area contributed by atoms with Crippen LogP contribution in [-0.4, -0.2) is 34.8 Å². The standard InChI is InChI=1S/C14H15BrN2O2/c15-12-5-3-10(4-6-12)7-16-9-13(18)17(14(16)19)8-11-1-2-11/h3-6,11H,1-2,7-9H2. The van der Waals surface area contributed by atoms with Gasteiger partial charge in [-0.2, -0.15) is 0 Å². The minimum atomic E-state index is -0.139. The fraction of sp³-hybridized carbons (Fsp3) is 0.429. The van der Waals surface area contributed by atoms with Crippen molar-refractivity contribution in [3.63, 3.8) is 0 Å². The Hall–Kier alpha value is -1.36. The summed E-state index contributed by atoms with van der Waals surface area (Å²) >= 11 is 3.38. The third kappa shape index (κ3) is 2.81. The average Bonchev–Trinajstić information content (AvgIpc) is 3.16. The lowest BCUT2D eigenvalue weighted by atomic mass is 10.2. The largest absolute Gasteiger partial charge is 0.327 e. The number of hydrogen-bond donors (Lipinski definition) is 0. The molecule has 0 aromatic heterocycles. The van der Waals surface area contributed by atoms with E-state index in [4.69, 9.17) is 0 Å². The summed E-state index contributed by atoms with van der Waals surface area (Å²) in [5, 5.41) is 0. The van der Waals surface area contributed by atoms with E-state index in [1.165, 1.54) is 4.90 Å². The molecule has 3 rings (SSSR count). The van der Waals surface area contributed by atoms with Crippen LogP contribution in [0.1, 0.15) is 18.4 Å². The molecule has 0 spiro atoms. The van der Waals surface area contributed by atoms with Crippen molar-refractivity contribution in [2.75, 3.05) is 13.1 Å². The van der Waals surface area contributed by atoms with Gasteiger partial charge in [-0.15, -0.1) is 0 Å². The Morgan fingerprint density at radius 3 is 2.47 bits per heavy atom. The Balaban J connectivity index is 1.66. The zero-order chi connectivity index (χ0) is 13.4. The van der Waals surface area contributed by atoms with Crippen molar-refractivity contribution in [3.8, 4) is 0 Å². The first-order valence-electron chi connectivity index (χ1n) is 6.47. The van der Waals surface area contributed by atoms with E-state index < -0.39 is 0 Å². The molecule has 1 aromatic rings. The van der Waals surface area contributed by atoms with Gasteiger partial charge in [-0.05, 0) is 36.5 Å². The number of hydrogen-bond acceptors (Lipinski definition) is 2. The topological polar surface area (TPSA) is 40.6 Å². The van der Waals surface area contributed by atoms with E-state index in [-0.39, 0.29) is 18.5 Å². The lowest BCUT2D eigenvalue weighted by Crippen LogP contribution is -2.34. The van der Waals surface area contributed by atoms with Gasteiger partial charge in [0.1, 0.15) is 6.54 Å². The molecule has 1 heterocycles. The fourth-order valence-electron chi connectivity index (χ4n) is 2.27. The summed E-state index contributed by atoms with van der Waals surface area (Å²) in [6.07, 6.45) is 2.29. The summed E-state index contributed by atoms with van der Waals surface area (Å²) in [5.41, 5.74) is 1.04. The van der Waals surface area contributed by atoms with Crippen LogP contribution < -0.4 is 0 Å². The summed E-state index contributed by atoms with van der Waals surface area (Å²) in [7, 11) is 0. The van der Waals surface area contributed by atoms with Crippen molar-refractivity contribution in [1.82, 2.24) is 9.80 Å². The van der Waals surface area contributed by atoms with Crippen LogP contribution in [0.3, 0.4) is 0 Å².